The molecule has 4 nitrogen and oxygen atoms in total. The van der Waals surface area contributed by atoms with Gasteiger partial charge in [0.25, 0.3) is 0 Å². The van der Waals surface area contributed by atoms with Crippen molar-refractivity contribution in [2.45, 2.75) is 50.9 Å². The van der Waals surface area contributed by atoms with Gasteiger partial charge in [-0.15, -0.1) is 0 Å². The topological polar surface area (TPSA) is 54.0 Å². The van der Waals surface area contributed by atoms with Gasteiger partial charge < -0.3 is 0 Å². The highest BCUT2D eigenvalue weighted by atomic mass is 28.3. The number of amides is 1. The van der Waals surface area contributed by atoms with Crippen LogP contribution in [0.4, 0.5) is 5.82 Å². The smallest absolute Gasteiger partial charge is 0.238 e. The number of hydrogen-bond acceptors (Lipinski definition) is 3. The van der Waals surface area contributed by atoms with E-state index in [1.807, 2.05) is 19.2 Å². The molecule has 1 atom stereocenters. The van der Waals surface area contributed by atoms with Crippen LogP contribution < -0.4 is 10.9 Å². The van der Waals surface area contributed by atoms with Crippen LogP contribution in [0.5, 0.6) is 0 Å². The molecule has 1 amide bonds. The van der Waals surface area contributed by atoms with Crippen LogP contribution in [0, 0.1) is 0 Å². The summed E-state index contributed by atoms with van der Waals surface area (Å²) in [5, 5.41) is 0. The first-order valence-electron chi connectivity index (χ1n) is 6.90. The molecule has 0 aromatic carbocycles. The number of rotatable bonds is 5. The Balaban J connectivity index is 1.86. The standard InChI is InChI=1S/C14H23N3OSi/c1-10(19(2,3)4)14(18)17-16-13-8-7-12(9-15-13)11-5-6-11/h7-11H,5-6H2,1-4H3,(H,15,16)(H,17,18). The lowest BCUT2D eigenvalue weighted by Gasteiger charge is -2.24. The van der Waals surface area contributed by atoms with Crippen molar-refractivity contribution in [1.82, 2.24) is 10.4 Å². The van der Waals surface area contributed by atoms with E-state index in [0.717, 1.165) is 0 Å². The van der Waals surface area contributed by atoms with Gasteiger partial charge in [0.1, 0.15) is 5.82 Å². The number of aromatic nitrogens is 1. The molecule has 1 fully saturated rings. The van der Waals surface area contributed by atoms with Gasteiger partial charge in [0.05, 0.1) is 8.07 Å². The molecule has 1 aromatic heterocycles. The number of anilines is 1. The second-order valence-corrected chi connectivity index (χ2v) is 12.1. The zero-order chi connectivity index (χ0) is 14.0. The average Bonchev–Trinajstić information content (AvgIpc) is 3.19. The summed E-state index contributed by atoms with van der Waals surface area (Å²) in [6.45, 7) is 8.58. The Morgan fingerprint density at radius 2 is 2.05 bits per heavy atom. The van der Waals surface area contributed by atoms with E-state index >= 15 is 0 Å². The number of nitrogens with one attached hydrogen (secondary N) is 2. The Morgan fingerprint density at radius 1 is 1.37 bits per heavy atom. The first kappa shape index (κ1) is 14.1. The van der Waals surface area contributed by atoms with E-state index < -0.39 is 8.07 Å². The molecule has 0 aliphatic heterocycles. The van der Waals surface area contributed by atoms with Crippen molar-refractivity contribution in [2.24, 2.45) is 0 Å². The molecule has 104 valence electrons. The lowest BCUT2D eigenvalue weighted by molar-refractivity contribution is -0.120. The third-order valence-electron chi connectivity index (χ3n) is 3.84. The van der Waals surface area contributed by atoms with Crippen molar-refractivity contribution < 1.29 is 4.79 Å². The molecule has 5 heteroatoms. The summed E-state index contributed by atoms with van der Waals surface area (Å²) in [4.78, 5) is 16.3. The fourth-order valence-electron chi connectivity index (χ4n) is 1.76. The molecule has 1 aliphatic carbocycles. The van der Waals surface area contributed by atoms with Gasteiger partial charge in [-0.25, -0.2) is 4.98 Å². The molecule has 1 aliphatic rings. The van der Waals surface area contributed by atoms with Crippen LogP contribution in [0.2, 0.25) is 25.2 Å². The maximum Gasteiger partial charge on any atom is 0.238 e. The van der Waals surface area contributed by atoms with Crippen LogP contribution in [0.3, 0.4) is 0 Å². The molecule has 0 radical (unpaired) electrons. The third kappa shape index (κ3) is 3.80. The lowest BCUT2D eigenvalue weighted by Crippen LogP contribution is -2.41. The number of nitrogens with zero attached hydrogens (tertiary/aromatic N) is 1. The zero-order valence-electron chi connectivity index (χ0n) is 12.2. The lowest BCUT2D eigenvalue weighted by atomic mass is 10.2. The van der Waals surface area contributed by atoms with Crippen molar-refractivity contribution in [3.05, 3.63) is 23.9 Å². The zero-order valence-corrected chi connectivity index (χ0v) is 13.2. The molecule has 0 spiro atoms. The van der Waals surface area contributed by atoms with E-state index in [4.69, 9.17) is 0 Å². The predicted octanol–water partition coefficient (Wildman–Crippen LogP) is 3.13. The SMILES string of the molecule is CC(C(=O)NNc1ccc(C2CC2)cn1)[Si](C)(C)C. The van der Waals surface area contributed by atoms with Gasteiger partial charge in [0.2, 0.25) is 5.91 Å². The predicted molar refractivity (Wildman–Crippen MR) is 80.7 cm³/mol. The Bertz CT molecular complexity index is 449. The highest BCUT2D eigenvalue weighted by Gasteiger charge is 2.28. The van der Waals surface area contributed by atoms with Gasteiger partial charge in [0, 0.05) is 11.7 Å². The van der Waals surface area contributed by atoms with Gasteiger partial charge in [0.15, 0.2) is 0 Å². The fourth-order valence-corrected chi connectivity index (χ4v) is 2.62. The molecule has 19 heavy (non-hydrogen) atoms. The molecular weight excluding hydrogens is 254 g/mol. The highest BCUT2D eigenvalue weighted by Crippen LogP contribution is 2.39. The maximum absolute atomic E-state index is 12.0. The third-order valence-corrected chi connectivity index (χ3v) is 6.70. The van der Waals surface area contributed by atoms with Crippen LogP contribution in [-0.4, -0.2) is 19.0 Å². The summed E-state index contributed by atoms with van der Waals surface area (Å²) in [5.74, 6) is 1.45. The van der Waals surface area contributed by atoms with Crippen LogP contribution in [0.25, 0.3) is 0 Å². The van der Waals surface area contributed by atoms with E-state index in [-0.39, 0.29) is 11.4 Å². The molecule has 1 heterocycles. The number of carbonyl (C=O) groups is 1. The summed E-state index contributed by atoms with van der Waals surface area (Å²) < 4.78 is 0. The van der Waals surface area contributed by atoms with Gasteiger partial charge >= 0.3 is 0 Å². The summed E-state index contributed by atoms with van der Waals surface area (Å²) in [7, 11) is -1.45. The second-order valence-electron chi connectivity index (χ2n) is 6.45. The maximum atomic E-state index is 12.0. The molecule has 0 bridgehead atoms. The largest absolute Gasteiger partial charge is 0.282 e. The summed E-state index contributed by atoms with van der Waals surface area (Å²) in [6.07, 6.45) is 4.45. The van der Waals surface area contributed by atoms with E-state index in [0.29, 0.717) is 11.7 Å². The van der Waals surface area contributed by atoms with E-state index in [2.05, 4.69) is 41.5 Å². The molecular formula is C14H23N3OSi. The van der Waals surface area contributed by atoms with Crippen LogP contribution in [0.1, 0.15) is 31.2 Å². The highest BCUT2D eigenvalue weighted by molar-refractivity contribution is 6.80. The minimum Gasteiger partial charge on any atom is -0.282 e. The first-order valence-corrected chi connectivity index (χ1v) is 10.5. The number of hydrogen-bond donors (Lipinski definition) is 2. The Morgan fingerprint density at radius 3 is 2.53 bits per heavy atom. The second kappa shape index (κ2) is 5.33. The van der Waals surface area contributed by atoms with Gasteiger partial charge in [-0.1, -0.05) is 32.6 Å². The van der Waals surface area contributed by atoms with Crippen molar-refractivity contribution in [1.29, 1.82) is 0 Å². The first-order chi connectivity index (χ1) is 8.88. The Hall–Kier alpha value is -1.36. The molecule has 1 saturated carbocycles. The molecule has 0 saturated heterocycles. The fraction of sp³-hybridized carbons (Fsp3) is 0.571. The minimum atomic E-state index is -1.45. The van der Waals surface area contributed by atoms with Crippen LogP contribution >= 0.6 is 0 Å². The van der Waals surface area contributed by atoms with Crippen molar-refractivity contribution >= 4 is 19.8 Å². The van der Waals surface area contributed by atoms with Crippen LogP contribution in [-0.2, 0) is 4.79 Å². The van der Waals surface area contributed by atoms with E-state index in [1.54, 1.807) is 0 Å². The van der Waals surface area contributed by atoms with Crippen molar-refractivity contribution in [3.8, 4) is 0 Å². The number of pyridine rings is 1. The number of carbonyl (C=O) groups excluding carboxylic acids is 1. The molecule has 2 N–H and O–H groups in total. The molecule has 1 aromatic rings. The number of hydrazine groups is 1. The van der Waals surface area contributed by atoms with Gasteiger partial charge in [-0.2, -0.15) is 0 Å². The minimum absolute atomic E-state index is 0.0484. The summed E-state index contributed by atoms with van der Waals surface area (Å²) in [5.41, 5.74) is 7.02. The quantitative estimate of drug-likeness (QED) is 0.642. The van der Waals surface area contributed by atoms with Crippen molar-refractivity contribution in [3.63, 3.8) is 0 Å². The Labute approximate surface area is 116 Å². The average molecular weight is 277 g/mol. The van der Waals surface area contributed by atoms with Gasteiger partial charge in [-0.3, -0.25) is 15.6 Å². The molecule has 2 rings (SSSR count). The molecule has 1 unspecified atom stereocenters. The van der Waals surface area contributed by atoms with E-state index in [9.17, 15) is 4.79 Å². The van der Waals surface area contributed by atoms with Gasteiger partial charge in [-0.05, 0) is 30.4 Å². The van der Waals surface area contributed by atoms with Crippen molar-refractivity contribution in [2.75, 3.05) is 5.43 Å². The summed E-state index contributed by atoms with van der Waals surface area (Å²) >= 11 is 0. The monoisotopic (exact) mass is 277 g/mol. The Kier molecular flexibility index (Phi) is 3.94. The summed E-state index contributed by atoms with van der Waals surface area (Å²) in [6, 6.07) is 4.01. The normalized spacial score (nSPS) is 16.8. The van der Waals surface area contributed by atoms with E-state index in [1.165, 1.54) is 18.4 Å². The van der Waals surface area contributed by atoms with Crippen LogP contribution in [0.15, 0.2) is 18.3 Å².